The Bertz CT molecular complexity index is 328. The van der Waals surface area contributed by atoms with Gasteiger partial charge in [-0.2, -0.15) is 0 Å². The summed E-state index contributed by atoms with van der Waals surface area (Å²) in [6.07, 6.45) is 2.90. The van der Waals surface area contributed by atoms with Crippen molar-refractivity contribution < 1.29 is 0 Å². The molecule has 7 heteroatoms. The molecule has 0 aliphatic heterocycles. The standard InChI is InChI=1S/C7H8Cl2N2S3/c1-12-5-10-11-6(14-5)13-3-4-2-7(4,8)9/h4H,2-3H2,1H3/t4-/m1/s1. The zero-order valence-electron chi connectivity index (χ0n) is 7.37. The van der Waals surface area contributed by atoms with Crippen molar-refractivity contribution in [2.75, 3.05) is 12.0 Å². The first-order chi connectivity index (χ1) is 6.62. The van der Waals surface area contributed by atoms with Gasteiger partial charge in [-0.05, 0) is 12.7 Å². The van der Waals surface area contributed by atoms with E-state index in [0.29, 0.717) is 5.92 Å². The highest BCUT2D eigenvalue weighted by molar-refractivity contribution is 8.02. The van der Waals surface area contributed by atoms with Gasteiger partial charge in [0.2, 0.25) is 0 Å². The van der Waals surface area contributed by atoms with Crippen LogP contribution in [0.3, 0.4) is 0 Å². The van der Waals surface area contributed by atoms with E-state index in [9.17, 15) is 0 Å². The van der Waals surface area contributed by atoms with Crippen molar-refractivity contribution in [2.24, 2.45) is 5.92 Å². The van der Waals surface area contributed by atoms with Crippen LogP contribution in [0.15, 0.2) is 8.68 Å². The Hall–Kier alpha value is 0.840. The third-order valence-corrected chi connectivity index (χ3v) is 6.05. The molecule has 1 aliphatic rings. The highest BCUT2D eigenvalue weighted by Crippen LogP contribution is 2.54. The van der Waals surface area contributed by atoms with Crippen molar-refractivity contribution >= 4 is 58.1 Å². The van der Waals surface area contributed by atoms with E-state index in [1.165, 1.54) is 0 Å². The summed E-state index contributed by atoms with van der Waals surface area (Å²) in [4.78, 5) is 0. The Morgan fingerprint density at radius 3 is 2.64 bits per heavy atom. The molecule has 2 rings (SSSR count). The summed E-state index contributed by atoms with van der Waals surface area (Å²) in [5, 5.41) is 8.07. The van der Waals surface area contributed by atoms with E-state index in [2.05, 4.69) is 10.2 Å². The van der Waals surface area contributed by atoms with Crippen LogP contribution in [0.5, 0.6) is 0 Å². The average Bonchev–Trinajstić information content (AvgIpc) is 2.62. The van der Waals surface area contributed by atoms with Gasteiger partial charge < -0.3 is 0 Å². The number of thioether (sulfide) groups is 2. The van der Waals surface area contributed by atoms with E-state index < -0.39 is 4.33 Å². The monoisotopic (exact) mass is 286 g/mol. The van der Waals surface area contributed by atoms with Gasteiger partial charge in [-0.1, -0.05) is 34.9 Å². The maximum Gasteiger partial charge on any atom is 0.175 e. The molecule has 0 amide bonds. The molecule has 0 saturated heterocycles. The third-order valence-electron chi connectivity index (χ3n) is 1.93. The minimum absolute atomic E-state index is 0.414. The summed E-state index contributed by atoms with van der Waals surface area (Å²) in [6.45, 7) is 0. The molecular weight excluding hydrogens is 279 g/mol. The van der Waals surface area contributed by atoms with Crippen molar-refractivity contribution in [1.82, 2.24) is 10.2 Å². The first-order valence-corrected chi connectivity index (χ1v) is 7.78. The van der Waals surface area contributed by atoms with E-state index in [1.807, 2.05) is 6.26 Å². The van der Waals surface area contributed by atoms with Gasteiger partial charge >= 0.3 is 0 Å². The summed E-state index contributed by atoms with van der Waals surface area (Å²) < 4.78 is 1.54. The molecule has 2 nitrogen and oxygen atoms in total. The molecular formula is C7H8Cl2N2S3. The number of rotatable bonds is 4. The topological polar surface area (TPSA) is 25.8 Å². The average molecular weight is 287 g/mol. The molecule has 78 valence electrons. The molecule has 0 radical (unpaired) electrons. The lowest BCUT2D eigenvalue weighted by Crippen LogP contribution is -1.92. The molecule has 0 N–H and O–H groups in total. The Morgan fingerprint density at radius 1 is 1.50 bits per heavy atom. The number of halogens is 2. The van der Waals surface area contributed by atoms with Gasteiger partial charge in [0.1, 0.15) is 4.33 Å². The van der Waals surface area contributed by atoms with Gasteiger partial charge in [-0.15, -0.1) is 33.4 Å². The Labute approximate surface area is 105 Å². The van der Waals surface area contributed by atoms with E-state index in [0.717, 1.165) is 20.9 Å². The molecule has 0 unspecified atom stereocenters. The number of alkyl halides is 2. The fraction of sp³-hybridized carbons (Fsp3) is 0.714. The predicted molar refractivity (Wildman–Crippen MR) is 65.0 cm³/mol. The van der Waals surface area contributed by atoms with Gasteiger partial charge in [-0.25, -0.2) is 0 Å². The summed E-state index contributed by atoms with van der Waals surface area (Å²) in [5.74, 6) is 1.35. The molecule has 1 aliphatic carbocycles. The molecule has 1 fully saturated rings. The van der Waals surface area contributed by atoms with Crippen LogP contribution in [0.1, 0.15) is 6.42 Å². The van der Waals surface area contributed by atoms with Crippen LogP contribution in [-0.4, -0.2) is 26.5 Å². The van der Waals surface area contributed by atoms with Crippen LogP contribution < -0.4 is 0 Å². The van der Waals surface area contributed by atoms with Crippen molar-refractivity contribution in [2.45, 2.75) is 19.4 Å². The molecule has 14 heavy (non-hydrogen) atoms. The second-order valence-corrected chi connectivity index (χ2v) is 7.85. The zero-order valence-corrected chi connectivity index (χ0v) is 11.3. The molecule has 0 spiro atoms. The fourth-order valence-corrected chi connectivity index (χ4v) is 4.35. The number of nitrogens with zero attached hydrogens (tertiary/aromatic N) is 2. The van der Waals surface area contributed by atoms with E-state index in [1.54, 1.807) is 34.9 Å². The molecule has 0 bridgehead atoms. The first-order valence-electron chi connectivity index (χ1n) is 4.00. The highest BCUT2D eigenvalue weighted by atomic mass is 35.5. The minimum atomic E-state index is -0.472. The van der Waals surface area contributed by atoms with Crippen LogP contribution >= 0.6 is 58.1 Å². The Balaban J connectivity index is 1.81. The van der Waals surface area contributed by atoms with E-state index >= 15 is 0 Å². The normalized spacial score (nSPS) is 23.8. The van der Waals surface area contributed by atoms with Gasteiger partial charge in [0.15, 0.2) is 8.68 Å². The van der Waals surface area contributed by atoms with Gasteiger partial charge in [0.05, 0.1) is 0 Å². The maximum absolute atomic E-state index is 5.92. The first kappa shape index (κ1) is 11.3. The molecule has 1 aromatic heterocycles. The smallest absolute Gasteiger partial charge is 0.131 e. The second kappa shape index (κ2) is 4.37. The van der Waals surface area contributed by atoms with Crippen molar-refractivity contribution in [3.8, 4) is 0 Å². The second-order valence-electron chi connectivity index (χ2n) is 3.01. The lowest BCUT2D eigenvalue weighted by atomic mass is 10.5. The lowest BCUT2D eigenvalue weighted by molar-refractivity contribution is 0.944. The predicted octanol–water partition coefficient (Wildman–Crippen LogP) is 3.55. The van der Waals surface area contributed by atoms with Gasteiger partial charge in [0, 0.05) is 11.7 Å². The summed E-state index contributed by atoms with van der Waals surface area (Å²) in [6, 6.07) is 0. The van der Waals surface area contributed by atoms with Gasteiger partial charge in [0.25, 0.3) is 0 Å². The van der Waals surface area contributed by atoms with Crippen LogP contribution in [0, 0.1) is 5.92 Å². The van der Waals surface area contributed by atoms with Crippen molar-refractivity contribution in [3.63, 3.8) is 0 Å². The van der Waals surface area contributed by atoms with Crippen LogP contribution in [0.2, 0.25) is 0 Å². The van der Waals surface area contributed by atoms with E-state index in [4.69, 9.17) is 23.2 Å². The largest absolute Gasteiger partial charge is 0.175 e. The zero-order chi connectivity index (χ0) is 10.2. The molecule has 0 aromatic carbocycles. The molecule has 1 aromatic rings. The third kappa shape index (κ3) is 2.70. The fourth-order valence-electron chi connectivity index (χ4n) is 0.960. The number of aromatic nitrogens is 2. The van der Waals surface area contributed by atoms with Crippen LogP contribution in [0.25, 0.3) is 0 Å². The number of hydrogen-bond donors (Lipinski definition) is 0. The summed E-state index contributed by atoms with van der Waals surface area (Å²) >= 11 is 16.8. The molecule has 1 saturated carbocycles. The van der Waals surface area contributed by atoms with Crippen molar-refractivity contribution in [3.05, 3.63) is 0 Å². The molecule has 1 heterocycles. The number of hydrogen-bond acceptors (Lipinski definition) is 5. The SMILES string of the molecule is CSc1nnc(SC[C@H]2CC2(Cl)Cl)s1. The van der Waals surface area contributed by atoms with Crippen LogP contribution in [-0.2, 0) is 0 Å². The van der Waals surface area contributed by atoms with Gasteiger partial charge in [-0.3, -0.25) is 0 Å². The Morgan fingerprint density at radius 2 is 2.14 bits per heavy atom. The summed E-state index contributed by atoms with van der Waals surface area (Å²) in [7, 11) is 0. The van der Waals surface area contributed by atoms with Crippen LogP contribution in [0.4, 0.5) is 0 Å². The molecule has 1 atom stereocenters. The lowest BCUT2D eigenvalue weighted by Gasteiger charge is -1.96. The quantitative estimate of drug-likeness (QED) is 0.625. The summed E-state index contributed by atoms with van der Waals surface area (Å²) in [5.41, 5.74) is 0. The Kier molecular flexibility index (Phi) is 3.54. The van der Waals surface area contributed by atoms with Crippen molar-refractivity contribution in [1.29, 1.82) is 0 Å². The maximum atomic E-state index is 5.92. The van der Waals surface area contributed by atoms with E-state index in [-0.39, 0.29) is 0 Å². The highest BCUT2D eigenvalue weighted by Gasteiger charge is 2.51. The minimum Gasteiger partial charge on any atom is -0.131 e.